The topological polar surface area (TPSA) is 85.8 Å². The molecule has 2 aliphatic carbocycles. The number of nitrogens with one attached hydrogen (secondary N) is 1. The van der Waals surface area contributed by atoms with E-state index in [2.05, 4.69) is 32.7 Å². The third kappa shape index (κ3) is 3.14. The molecule has 2 aliphatic rings. The first-order valence-electron chi connectivity index (χ1n) is 10.4. The van der Waals surface area contributed by atoms with Crippen LogP contribution < -0.4 is 5.32 Å². The van der Waals surface area contributed by atoms with Gasteiger partial charge in [-0.25, -0.2) is 0 Å². The van der Waals surface area contributed by atoms with Gasteiger partial charge in [0.25, 0.3) is 5.91 Å². The Kier molecular flexibility index (Phi) is 4.45. The second-order valence-corrected chi connectivity index (χ2v) is 8.04. The van der Waals surface area contributed by atoms with Gasteiger partial charge < -0.3 is 9.84 Å². The number of carbonyl (C=O) groups excluding carboxylic acids is 1. The van der Waals surface area contributed by atoms with Gasteiger partial charge >= 0.3 is 0 Å². The second-order valence-electron chi connectivity index (χ2n) is 8.04. The summed E-state index contributed by atoms with van der Waals surface area (Å²) in [4.78, 5) is 17.4. The first-order valence-corrected chi connectivity index (χ1v) is 10.4. The molecule has 3 aromatic rings. The molecule has 5 rings (SSSR count). The van der Waals surface area contributed by atoms with Gasteiger partial charge in [-0.15, -0.1) is 0 Å². The predicted molar refractivity (Wildman–Crippen MR) is 107 cm³/mol. The van der Waals surface area contributed by atoms with Crippen LogP contribution in [-0.4, -0.2) is 25.8 Å². The smallest absolute Gasteiger partial charge is 0.255 e. The molecule has 1 amide bonds. The maximum absolute atomic E-state index is 13.0. The fraction of sp³-hybridized carbons (Fsp3) is 0.455. The monoisotopic (exact) mass is 391 g/mol. The van der Waals surface area contributed by atoms with E-state index in [-0.39, 0.29) is 11.9 Å². The number of carbonyl (C=O) groups is 1. The summed E-state index contributed by atoms with van der Waals surface area (Å²) in [6.07, 6.45) is 7.78. The van der Waals surface area contributed by atoms with Crippen LogP contribution in [0.4, 0.5) is 0 Å². The Balaban J connectivity index is 1.35. The summed E-state index contributed by atoms with van der Waals surface area (Å²) in [5, 5.41) is 11.7. The third-order valence-corrected chi connectivity index (χ3v) is 6.28. The van der Waals surface area contributed by atoms with E-state index in [1.807, 2.05) is 24.7 Å². The lowest BCUT2D eigenvalue weighted by molar-refractivity contribution is 0.0934. The molecule has 29 heavy (non-hydrogen) atoms. The molecule has 1 aromatic carbocycles. The molecule has 1 N–H and O–H groups in total. The normalized spacial score (nSPS) is 18.5. The highest BCUT2D eigenvalue weighted by molar-refractivity contribution is 5.95. The summed E-state index contributed by atoms with van der Waals surface area (Å²) >= 11 is 0. The molecule has 0 spiro atoms. The van der Waals surface area contributed by atoms with Crippen LogP contribution in [0.2, 0.25) is 0 Å². The number of hydrogen-bond donors (Lipinski definition) is 1. The highest BCUT2D eigenvalue weighted by Crippen LogP contribution is 2.38. The molecule has 1 saturated carbocycles. The summed E-state index contributed by atoms with van der Waals surface area (Å²) in [6, 6.07) is 6.24. The van der Waals surface area contributed by atoms with Crippen molar-refractivity contribution >= 4 is 5.91 Å². The molecule has 7 nitrogen and oxygen atoms in total. The first kappa shape index (κ1) is 18.1. The number of aryl methyl sites for hydroxylation is 3. The largest absolute Gasteiger partial charge is 0.345 e. The summed E-state index contributed by atoms with van der Waals surface area (Å²) in [6.45, 7) is 1.99. The van der Waals surface area contributed by atoms with Gasteiger partial charge in [0.05, 0.1) is 23.5 Å². The van der Waals surface area contributed by atoms with Crippen LogP contribution in [0.3, 0.4) is 0 Å². The van der Waals surface area contributed by atoms with Gasteiger partial charge in [-0.05, 0) is 42.9 Å². The van der Waals surface area contributed by atoms with E-state index < -0.39 is 0 Å². The van der Waals surface area contributed by atoms with Gasteiger partial charge in [-0.2, -0.15) is 10.1 Å². The molecule has 0 radical (unpaired) electrons. The molecule has 1 fully saturated rings. The summed E-state index contributed by atoms with van der Waals surface area (Å²) in [5.74, 6) is 1.71. The lowest BCUT2D eigenvalue weighted by atomic mass is 9.81. The van der Waals surface area contributed by atoms with Crippen molar-refractivity contribution in [1.82, 2.24) is 25.2 Å². The fourth-order valence-corrected chi connectivity index (χ4v) is 4.45. The van der Waals surface area contributed by atoms with E-state index in [4.69, 9.17) is 4.52 Å². The summed E-state index contributed by atoms with van der Waals surface area (Å²) in [7, 11) is 1.93. The van der Waals surface area contributed by atoms with E-state index in [1.54, 1.807) is 6.20 Å². The van der Waals surface area contributed by atoms with Crippen molar-refractivity contribution in [3.63, 3.8) is 0 Å². The van der Waals surface area contributed by atoms with E-state index in [0.29, 0.717) is 17.6 Å². The van der Waals surface area contributed by atoms with Crippen molar-refractivity contribution in [1.29, 1.82) is 0 Å². The summed E-state index contributed by atoms with van der Waals surface area (Å²) < 4.78 is 7.09. The number of amides is 1. The minimum absolute atomic E-state index is 0.0207. The van der Waals surface area contributed by atoms with Crippen molar-refractivity contribution in [3.8, 4) is 11.4 Å². The van der Waals surface area contributed by atoms with E-state index in [9.17, 15) is 4.79 Å². The van der Waals surface area contributed by atoms with Crippen molar-refractivity contribution in [2.45, 2.75) is 57.4 Å². The van der Waals surface area contributed by atoms with Gasteiger partial charge in [0.1, 0.15) is 0 Å². The van der Waals surface area contributed by atoms with Crippen LogP contribution in [0, 0.1) is 0 Å². The number of hydrogen-bond acceptors (Lipinski definition) is 5. The van der Waals surface area contributed by atoms with Crippen LogP contribution in [0.1, 0.15) is 77.6 Å². The van der Waals surface area contributed by atoms with E-state index >= 15 is 0 Å². The Morgan fingerprint density at radius 1 is 1.31 bits per heavy atom. The fourth-order valence-electron chi connectivity index (χ4n) is 4.45. The third-order valence-electron chi connectivity index (χ3n) is 6.28. The minimum atomic E-state index is -0.0207. The Morgan fingerprint density at radius 2 is 2.17 bits per heavy atom. The lowest BCUT2D eigenvalue weighted by Gasteiger charge is -2.26. The molecule has 2 aromatic heterocycles. The van der Waals surface area contributed by atoms with Crippen molar-refractivity contribution in [2.75, 3.05) is 0 Å². The van der Waals surface area contributed by atoms with Gasteiger partial charge in [-0.3, -0.25) is 9.48 Å². The van der Waals surface area contributed by atoms with Gasteiger partial charge in [0, 0.05) is 24.9 Å². The average molecular weight is 391 g/mol. The Labute approximate surface area is 169 Å². The van der Waals surface area contributed by atoms with Gasteiger partial charge in [-0.1, -0.05) is 30.6 Å². The molecule has 0 bridgehead atoms. The Morgan fingerprint density at radius 3 is 2.90 bits per heavy atom. The standard InChI is InChI=1S/C22H25N5O2/c1-3-19-25-21(26-29-19)15-7-9-16-14(11-15)8-10-18(16)24-22(28)17-12-23-27(2)20(17)13-5-4-6-13/h7,9,11-13,18H,3-6,8,10H2,1-2H3,(H,24,28)/t18-/m1/s1. The number of benzene rings is 1. The molecular weight excluding hydrogens is 366 g/mol. The van der Waals surface area contributed by atoms with E-state index in [0.717, 1.165) is 48.9 Å². The molecule has 7 heteroatoms. The van der Waals surface area contributed by atoms with Crippen LogP contribution in [0.25, 0.3) is 11.4 Å². The van der Waals surface area contributed by atoms with E-state index in [1.165, 1.54) is 17.5 Å². The zero-order chi connectivity index (χ0) is 20.0. The zero-order valence-corrected chi connectivity index (χ0v) is 16.8. The molecule has 0 unspecified atom stereocenters. The average Bonchev–Trinajstić information content (AvgIpc) is 3.40. The first-order chi connectivity index (χ1) is 14.1. The minimum Gasteiger partial charge on any atom is -0.345 e. The predicted octanol–water partition coefficient (Wildman–Crippen LogP) is 3.72. The zero-order valence-electron chi connectivity index (χ0n) is 16.8. The number of nitrogens with zero attached hydrogens (tertiary/aromatic N) is 4. The lowest BCUT2D eigenvalue weighted by Crippen LogP contribution is -2.29. The number of fused-ring (bicyclic) bond motifs is 1. The maximum Gasteiger partial charge on any atom is 0.255 e. The maximum atomic E-state index is 13.0. The quantitative estimate of drug-likeness (QED) is 0.716. The molecule has 150 valence electrons. The van der Waals surface area contributed by atoms with Gasteiger partial charge in [0.2, 0.25) is 11.7 Å². The number of aromatic nitrogens is 4. The molecular formula is C22H25N5O2. The Bertz CT molecular complexity index is 1060. The number of rotatable bonds is 5. The molecule has 2 heterocycles. The highest BCUT2D eigenvalue weighted by Gasteiger charge is 2.30. The molecule has 0 aliphatic heterocycles. The molecule has 0 saturated heterocycles. The van der Waals surface area contributed by atoms with Crippen LogP contribution >= 0.6 is 0 Å². The highest BCUT2D eigenvalue weighted by atomic mass is 16.5. The SMILES string of the molecule is CCc1nc(-c2ccc3c(c2)CC[C@H]3NC(=O)c2cnn(C)c2C2CCC2)no1. The van der Waals surface area contributed by atoms with Gasteiger partial charge in [0.15, 0.2) is 0 Å². The summed E-state index contributed by atoms with van der Waals surface area (Å²) in [5.41, 5.74) is 5.17. The van der Waals surface area contributed by atoms with Crippen LogP contribution in [-0.2, 0) is 19.9 Å². The van der Waals surface area contributed by atoms with Crippen molar-refractivity contribution in [3.05, 3.63) is 52.7 Å². The second kappa shape index (κ2) is 7.13. The van der Waals surface area contributed by atoms with Crippen molar-refractivity contribution in [2.24, 2.45) is 7.05 Å². The Hall–Kier alpha value is -2.96. The van der Waals surface area contributed by atoms with Crippen LogP contribution in [0.5, 0.6) is 0 Å². The van der Waals surface area contributed by atoms with Crippen LogP contribution in [0.15, 0.2) is 28.9 Å². The molecule has 1 atom stereocenters. The van der Waals surface area contributed by atoms with Crippen molar-refractivity contribution < 1.29 is 9.32 Å².